The summed E-state index contributed by atoms with van der Waals surface area (Å²) in [5, 5.41) is 6.39. The zero-order valence-corrected chi connectivity index (χ0v) is 27.4. The SMILES string of the molecule is CCS(=O)(=O)c1ccc(CNC(=O)c2ccc(NC(c3ccccc3)C(C(=O)N3C(=O)OC[C@@H]3c3ccccc3)C(C)C)cc2)cc1. The van der Waals surface area contributed by atoms with Gasteiger partial charge in [-0.2, -0.15) is 0 Å². The monoisotopic (exact) mass is 653 g/mol. The molecule has 47 heavy (non-hydrogen) atoms. The normalized spacial score (nSPS) is 16.0. The molecule has 1 aliphatic heterocycles. The Morgan fingerprint density at radius 1 is 0.872 bits per heavy atom. The number of hydrogen-bond donors (Lipinski definition) is 2. The van der Waals surface area contributed by atoms with E-state index >= 15 is 0 Å². The Morgan fingerprint density at radius 2 is 1.49 bits per heavy atom. The number of nitrogens with one attached hydrogen (secondary N) is 2. The first-order valence-electron chi connectivity index (χ1n) is 15.6. The maximum absolute atomic E-state index is 14.3. The van der Waals surface area contributed by atoms with E-state index in [1.54, 1.807) is 55.5 Å². The van der Waals surface area contributed by atoms with E-state index in [9.17, 15) is 22.8 Å². The predicted molar refractivity (Wildman–Crippen MR) is 180 cm³/mol. The topological polar surface area (TPSA) is 122 Å². The van der Waals surface area contributed by atoms with Gasteiger partial charge in [0.2, 0.25) is 5.91 Å². The Bertz CT molecular complexity index is 1790. The molecule has 4 aromatic rings. The third kappa shape index (κ3) is 7.72. The fourth-order valence-electron chi connectivity index (χ4n) is 5.76. The number of cyclic esters (lactones) is 1. The van der Waals surface area contributed by atoms with Gasteiger partial charge in [0.25, 0.3) is 5.91 Å². The molecular formula is C37H39N3O6S. The van der Waals surface area contributed by atoms with E-state index in [1.165, 1.54) is 4.90 Å². The molecule has 9 nitrogen and oxygen atoms in total. The van der Waals surface area contributed by atoms with Crippen molar-refractivity contribution < 1.29 is 27.5 Å². The molecule has 1 saturated heterocycles. The van der Waals surface area contributed by atoms with Gasteiger partial charge in [-0.3, -0.25) is 9.59 Å². The standard InChI is InChI=1S/C37H39N3O6S/c1-4-47(44,45)31-21-15-26(16-22-31)23-38-35(41)29-17-19-30(20-18-29)39-34(28-13-9-6-10-14-28)33(25(2)3)36(42)40-32(24-46-37(40)43)27-11-7-5-8-12-27/h5-22,25,32-34,39H,4,23-24H2,1-3H3,(H,38,41)/t32-,33?,34?/m1/s1. The minimum absolute atomic E-state index is 0.0241. The van der Waals surface area contributed by atoms with Crippen molar-refractivity contribution in [2.45, 2.75) is 44.3 Å². The van der Waals surface area contributed by atoms with Gasteiger partial charge in [0.05, 0.1) is 22.6 Å². The molecule has 1 aliphatic rings. The molecular weight excluding hydrogens is 614 g/mol. The Hall–Kier alpha value is -4.96. The van der Waals surface area contributed by atoms with Crippen LogP contribution in [-0.4, -0.2) is 43.6 Å². The number of hydrogen-bond acceptors (Lipinski definition) is 7. The first-order chi connectivity index (χ1) is 22.6. The Labute approximate surface area is 275 Å². The van der Waals surface area contributed by atoms with E-state index in [0.717, 1.165) is 16.7 Å². The van der Waals surface area contributed by atoms with Gasteiger partial charge >= 0.3 is 6.09 Å². The summed E-state index contributed by atoms with van der Waals surface area (Å²) in [5.74, 6) is -1.36. The molecule has 2 N–H and O–H groups in total. The van der Waals surface area contributed by atoms with Crippen LogP contribution in [0.25, 0.3) is 0 Å². The third-order valence-corrected chi connectivity index (χ3v) is 10.2. The van der Waals surface area contributed by atoms with Gasteiger partial charge in [0.1, 0.15) is 12.6 Å². The highest BCUT2D eigenvalue weighted by Crippen LogP contribution is 2.37. The van der Waals surface area contributed by atoms with Gasteiger partial charge in [-0.15, -0.1) is 0 Å². The largest absolute Gasteiger partial charge is 0.446 e. The van der Waals surface area contributed by atoms with E-state index in [1.807, 2.05) is 74.5 Å². The summed E-state index contributed by atoms with van der Waals surface area (Å²) in [6.45, 7) is 5.86. The zero-order chi connectivity index (χ0) is 33.6. The smallest absolute Gasteiger partial charge is 0.417 e. The first-order valence-corrected chi connectivity index (χ1v) is 17.3. The van der Waals surface area contributed by atoms with Crippen molar-refractivity contribution in [2.24, 2.45) is 11.8 Å². The molecule has 0 saturated carbocycles. The van der Waals surface area contributed by atoms with E-state index in [2.05, 4.69) is 10.6 Å². The summed E-state index contributed by atoms with van der Waals surface area (Å²) in [5.41, 5.74) is 3.62. The van der Waals surface area contributed by atoms with Gasteiger partial charge in [0, 0.05) is 17.8 Å². The number of ether oxygens (including phenoxy) is 1. The second kappa shape index (κ2) is 14.6. The molecule has 4 aromatic carbocycles. The first kappa shape index (κ1) is 33.4. The van der Waals surface area contributed by atoms with Gasteiger partial charge in [-0.25, -0.2) is 18.1 Å². The third-order valence-electron chi connectivity index (χ3n) is 8.40. The summed E-state index contributed by atoms with van der Waals surface area (Å²) in [7, 11) is -3.29. The molecule has 5 rings (SSSR count). The van der Waals surface area contributed by atoms with Crippen molar-refractivity contribution in [3.05, 3.63) is 131 Å². The average molecular weight is 654 g/mol. The van der Waals surface area contributed by atoms with Crippen molar-refractivity contribution in [1.82, 2.24) is 10.2 Å². The molecule has 0 radical (unpaired) electrons. The molecule has 0 aliphatic carbocycles. The molecule has 244 valence electrons. The predicted octanol–water partition coefficient (Wildman–Crippen LogP) is 6.56. The van der Waals surface area contributed by atoms with Crippen LogP contribution in [0.3, 0.4) is 0 Å². The number of nitrogens with zero attached hydrogens (tertiary/aromatic N) is 1. The fourth-order valence-corrected chi connectivity index (χ4v) is 6.65. The van der Waals surface area contributed by atoms with Crippen LogP contribution in [0.15, 0.2) is 114 Å². The number of carbonyl (C=O) groups is 3. The highest BCUT2D eigenvalue weighted by molar-refractivity contribution is 7.91. The minimum Gasteiger partial charge on any atom is -0.446 e. The molecule has 0 spiro atoms. The van der Waals surface area contributed by atoms with E-state index < -0.39 is 33.9 Å². The van der Waals surface area contributed by atoms with Crippen LogP contribution < -0.4 is 10.6 Å². The van der Waals surface area contributed by atoms with Crippen LogP contribution in [0, 0.1) is 11.8 Å². The quantitative estimate of drug-likeness (QED) is 0.178. The van der Waals surface area contributed by atoms with Crippen LogP contribution in [0.2, 0.25) is 0 Å². The molecule has 3 amide bonds. The van der Waals surface area contributed by atoms with Gasteiger partial charge in [0.15, 0.2) is 9.84 Å². The second-order valence-corrected chi connectivity index (χ2v) is 14.1. The van der Waals surface area contributed by atoms with Crippen molar-refractivity contribution in [2.75, 3.05) is 17.7 Å². The molecule has 10 heteroatoms. The van der Waals surface area contributed by atoms with Crippen molar-refractivity contribution in [3.63, 3.8) is 0 Å². The molecule has 2 unspecified atom stereocenters. The molecule has 1 fully saturated rings. The van der Waals surface area contributed by atoms with Crippen LogP contribution in [0.5, 0.6) is 0 Å². The zero-order valence-electron chi connectivity index (χ0n) is 26.6. The summed E-state index contributed by atoms with van der Waals surface area (Å²) in [6, 6.07) is 31.5. The number of amides is 3. The minimum atomic E-state index is -3.29. The Balaban J connectivity index is 1.33. The lowest BCUT2D eigenvalue weighted by atomic mass is 9.82. The van der Waals surface area contributed by atoms with Crippen molar-refractivity contribution in [1.29, 1.82) is 0 Å². The van der Waals surface area contributed by atoms with Crippen LogP contribution >= 0.6 is 0 Å². The van der Waals surface area contributed by atoms with E-state index in [-0.39, 0.29) is 41.5 Å². The number of rotatable bonds is 12. The van der Waals surface area contributed by atoms with E-state index in [4.69, 9.17) is 4.74 Å². The van der Waals surface area contributed by atoms with Crippen molar-refractivity contribution >= 4 is 33.4 Å². The lowest BCUT2D eigenvalue weighted by Gasteiger charge is -2.34. The maximum atomic E-state index is 14.3. The Kier molecular flexibility index (Phi) is 10.4. The highest BCUT2D eigenvalue weighted by Gasteiger charge is 2.45. The lowest BCUT2D eigenvalue weighted by molar-refractivity contribution is -0.135. The Morgan fingerprint density at radius 3 is 2.09 bits per heavy atom. The summed E-state index contributed by atoms with van der Waals surface area (Å²) in [4.78, 5) is 41.7. The number of benzene rings is 4. The molecule has 0 bridgehead atoms. The van der Waals surface area contributed by atoms with Crippen molar-refractivity contribution in [3.8, 4) is 0 Å². The van der Waals surface area contributed by atoms with Crippen LogP contribution in [0.4, 0.5) is 10.5 Å². The van der Waals surface area contributed by atoms with Gasteiger partial charge < -0.3 is 15.4 Å². The highest BCUT2D eigenvalue weighted by atomic mass is 32.2. The molecule has 0 aromatic heterocycles. The average Bonchev–Trinajstić information content (AvgIpc) is 3.49. The maximum Gasteiger partial charge on any atom is 0.417 e. The second-order valence-electron chi connectivity index (χ2n) is 11.8. The van der Waals surface area contributed by atoms with Crippen LogP contribution in [0.1, 0.15) is 59.9 Å². The van der Waals surface area contributed by atoms with Crippen LogP contribution in [-0.2, 0) is 25.9 Å². The number of imide groups is 1. The number of carbonyl (C=O) groups excluding carboxylic acids is 3. The number of anilines is 1. The lowest BCUT2D eigenvalue weighted by Crippen LogP contribution is -2.44. The summed E-state index contributed by atoms with van der Waals surface area (Å²) >= 11 is 0. The molecule has 3 atom stereocenters. The number of sulfone groups is 1. The van der Waals surface area contributed by atoms with Gasteiger partial charge in [-0.1, -0.05) is 93.6 Å². The van der Waals surface area contributed by atoms with E-state index in [0.29, 0.717) is 11.3 Å². The summed E-state index contributed by atoms with van der Waals surface area (Å²) < 4.78 is 29.5. The molecule has 1 heterocycles. The van der Waals surface area contributed by atoms with Gasteiger partial charge in [-0.05, 0) is 59.0 Å². The summed E-state index contributed by atoms with van der Waals surface area (Å²) in [6.07, 6.45) is -0.654. The fraction of sp³-hybridized carbons (Fsp3) is 0.270.